The predicted octanol–water partition coefficient (Wildman–Crippen LogP) is 6.60. The molecule has 3 fully saturated rings. The number of nitrogens with zero attached hydrogens (tertiary/aromatic N) is 1. The molecule has 1 saturated heterocycles. The van der Waals surface area contributed by atoms with Crippen LogP contribution in [0.1, 0.15) is 35.3 Å². The van der Waals surface area contributed by atoms with Crippen LogP contribution in [0, 0.1) is 36.5 Å². The van der Waals surface area contributed by atoms with Crippen molar-refractivity contribution in [2.24, 2.45) is 29.6 Å². The number of aromatic nitrogens is 1. The second-order valence-corrected chi connectivity index (χ2v) is 15.9. The number of anilines is 2. The van der Waals surface area contributed by atoms with Gasteiger partial charge >= 0.3 is 4.87 Å². The van der Waals surface area contributed by atoms with Gasteiger partial charge < -0.3 is 19.8 Å². The van der Waals surface area contributed by atoms with Crippen LogP contribution in [0.4, 0.5) is 11.4 Å². The molecule has 2 aliphatic carbocycles. The molecule has 4 aromatic rings. The molecule has 12 heteroatoms. The monoisotopic (exact) mass is 745 g/mol. The first-order chi connectivity index (χ1) is 23.2. The van der Waals surface area contributed by atoms with E-state index in [9.17, 15) is 19.2 Å². The van der Waals surface area contributed by atoms with Gasteiger partial charge in [0.2, 0.25) is 11.8 Å². The van der Waals surface area contributed by atoms with E-state index in [2.05, 4.69) is 26.2 Å². The number of halogens is 1. The topological polar surface area (TPSA) is 118 Å². The van der Waals surface area contributed by atoms with Gasteiger partial charge in [-0.15, -0.1) is 11.8 Å². The minimum absolute atomic E-state index is 0.0126. The molecule has 2 saturated carbocycles. The number of hydrogen-bond donors (Lipinski definition) is 2. The van der Waals surface area contributed by atoms with Crippen LogP contribution in [-0.2, 0) is 14.4 Å². The summed E-state index contributed by atoms with van der Waals surface area (Å²) in [6, 6.07) is 20.6. The minimum Gasteiger partial charge on any atom is -0.490 e. The number of amides is 3. The second-order valence-electron chi connectivity index (χ2n) is 12.7. The van der Waals surface area contributed by atoms with Crippen LogP contribution in [-0.4, -0.2) is 41.2 Å². The molecule has 3 heterocycles. The van der Waals surface area contributed by atoms with E-state index < -0.39 is 5.92 Å². The molecule has 0 spiro atoms. The molecule has 7 atom stereocenters. The Morgan fingerprint density at radius 3 is 2.48 bits per heavy atom. The highest BCUT2D eigenvalue weighted by Crippen LogP contribution is 2.68. The summed E-state index contributed by atoms with van der Waals surface area (Å²) in [6.07, 6.45) is 0.800. The average molecular weight is 747 g/mol. The number of hydrogen-bond acceptors (Lipinski definition) is 8. The van der Waals surface area contributed by atoms with Crippen molar-refractivity contribution in [1.82, 2.24) is 4.98 Å². The van der Waals surface area contributed by atoms with Gasteiger partial charge in [-0.25, -0.2) is 0 Å². The van der Waals surface area contributed by atoms with E-state index in [1.54, 1.807) is 23.9 Å². The lowest BCUT2D eigenvalue weighted by Gasteiger charge is -2.43. The number of thioether (sulfide) groups is 1. The van der Waals surface area contributed by atoms with Gasteiger partial charge in [0.05, 0.1) is 29.2 Å². The third-order valence-corrected chi connectivity index (χ3v) is 13.3. The zero-order valence-corrected chi connectivity index (χ0v) is 29.3. The van der Waals surface area contributed by atoms with Crippen LogP contribution in [0.15, 0.2) is 81.0 Å². The van der Waals surface area contributed by atoms with Crippen molar-refractivity contribution in [3.05, 3.63) is 96.9 Å². The molecule has 6 unspecified atom stereocenters. The Labute approximate surface area is 293 Å². The molecule has 3 aromatic carbocycles. The van der Waals surface area contributed by atoms with Crippen molar-refractivity contribution in [1.29, 1.82) is 0 Å². The van der Waals surface area contributed by atoms with E-state index in [4.69, 9.17) is 9.47 Å². The molecular weight excluding hydrogens is 714 g/mol. The summed E-state index contributed by atoms with van der Waals surface area (Å²) in [7, 11) is 0. The zero-order valence-electron chi connectivity index (χ0n) is 26.1. The SMILES string of the molecule is CCOc1cc([C@H]2c3sc(=O)[nH]c3SC3C4CC(C5C(=O)N(c6ccc(Br)cc6)C(=O)C45)C32)ccc1OCC(=O)Nc1ccccc1C. The van der Waals surface area contributed by atoms with Crippen molar-refractivity contribution in [2.45, 2.75) is 36.5 Å². The van der Waals surface area contributed by atoms with Gasteiger partial charge in [-0.2, -0.15) is 0 Å². The van der Waals surface area contributed by atoms with Gasteiger partial charge in [0.1, 0.15) is 0 Å². The molecule has 1 aromatic heterocycles. The Hall–Kier alpha value is -3.87. The largest absolute Gasteiger partial charge is 0.490 e. The molecule has 2 aliphatic heterocycles. The third-order valence-electron chi connectivity index (χ3n) is 10.2. The van der Waals surface area contributed by atoms with Crippen molar-refractivity contribution in [3.63, 3.8) is 0 Å². The Morgan fingerprint density at radius 1 is 0.979 bits per heavy atom. The maximum atomic E-state index is 14.0. The molecule has 0 radical (unpaired) electrons. The Kier molecular flexibility index (Phi) is 8.00. The summed E-state index contributed by atoms with van der Waals surface area (Å²) >= 11 is 6.31. The number of carbonyl (C=O) groups excluding carboxylic acids is 3. The molecular formula is C36H32BrN3O6S2. The number of rotatable bonds is 8. The van der Waals surface area contributed by atoms with E-state index >= 15 is 0 Å². The maximum Gasteiger partial charge on any atom is 0.305 e. The van der Waals surface area contributed by atoms with E-state index in [0.29, 0.717) is 23.8 Å². The third kappa shape index (κ3) is 5.11. The van der Waals surface area contributed by atoms with Gasteiger partial charge in [0.15, 0.2) is 18.1 Å². The highest BCUT2D eigenvalue weighted by Gasteiger charge is 2.69. The Balaban J connectivity index is 1.10. The van der Waals surface area contributed by atoms with Gasteiger partial charge in [0, 0.05) is 26.2 Å². The van der Waals surface area contributed by atoms with Crippen molar-refractivity contribution < 1.29 is 23.9 Å². The molecule has 2 N–H and O–H groups in total. The van der Waals surface area contributed by atoms with Crippen LogP contribution in [0.25, 0.3) is 0 Å². The van der Waals surface area contributed by atoms with E-state index in [1.165, 1.54) is 16.2 Å². The number of aromatic amines is 1. The van der Waals surface area contributed by atoms with Crippen LogP contribution < -0.4 is 24.6 Å². The molecule has 4 aliphatic rings. The van der Waals surface area contributed by atoms with E-state index in [-0.39, 0.29) is 64.0 Å². The van der Waals surface area contributed by atoms with Crippen LogP contribution in [0.3, 0.4) is 0 Å². The molecule has 3 amide bonds. The number of fused-ring (bicyclic) bond motifs is 9. The normalized spacial score (nSPS) is 26.6. The quantitative estimate of drug-likeness (QED) is 0.195. The number of H-pyrrole nitrogens is 1. The fraction of sp³-hybridized carbons (Fsp3) is 0.333. The van der Waals surface area contributed by atoms with Gasteiger partial charge in [0.25, 0.3) is 5.91 Å². The van der Waals surface area contributed by atoms with Gasteiger partial charge in [-0.05, 0) is 91.6 Å². The number of carbonyl (C=O) groups is 3. The minimum atomic E-state index is -0.395. The number of benzene rings is 3. The molecule has 246 valence electrons. The van der Waals surface area contributed by atoms with Crippen molar-refractivity contribution in [3.8, 4) is 11.5 Å². The van der Waals surface area contributed by atoms with E-state index in [0.717, 1.165) is 37.6 Å². The average Bonchev–Trinajstić information content (AvgIpc) is 3.81. The lowest BCUT2D eigenvalue weighted by atomic mass is 9.68. The first-order valence-corrected chi connectivity index (χ1v) is 18.5. The fourth-order valence-corrected chi connectivity index (χ4v) is 11.5. The highest BCUT2D eigenvalue weighted by atomic mass is 79.9. The molecule has 8 rings (SSSR count). The summed E-state index contributed by atoms with van der Waals surface area (Å²) in [6.45, 7) is 4.01. The number of nitrogens with one attached hydrogen (secondary N) is 2. The standard InChI is InChI=1S/C36H32BrN3O6S2/c1-3-45-25-14-18(8-13-24(25)46-16-26(41)38-23-7-5-4-6-17(23)2)27-28-21-15-22(31(28)47-33-32(27)48-36(44)39-33)30-29(21)34(42)40(35(30)43)20-11-9-19(37)10-12-20/h4-14,21-22,27-31H,3,15-16H2,1-2H3,(H,38,41)(H,39,44)/t21?,22?,27-,28?,29?,30?,31?/m1/s1. The number of imide groups is 1. The fourth-order valence-electron chi connectivity index (χ4n) is 8.38. The first kappa shape index (κ1) is 31.4. The lowest BCUT2D eigenvalue weighted by molar-refractivity contribution is -0.123. The first-order valence-electron chi connectivity index (χ1n) is 16.0. The van der Waals surface area contributed by atoms with Crippen molar-refractivity contribution >= 4 is 68.1 Å². The Bertz CT molecular complexity index is 2010. The summed E-state index contributed by atoms with van der Waals surface area (Å²) in [5.74, 6) is -0.462. The molecule has 48 heavy (non-hydrogen) atoms. The molecule has 2 bridgehead atoms. The zero-order chi connectivity index (χ0) is 33.3. The maximum absolute atomic E-state index is 14.0. The van der Waals surface area contributed by atoms with Crippen LogP contribution in [0.2, 0.25) is 0 Å². The summed E-state index contributed by atoms with van der Waals surface area (Å²) in [5, 5.41) is 3.80. The molecule has 9 nitrogen and oxygen atoms in total. The lowest BCUT2D eigenvalue weighted by Crippen LogP contribution is -2.42. The van der Waals surface area contributed by atoms with Crippen molar-refractivity contribution in [2.75, 3.05) is 23.4 Å². The van der Waals surface area contributed by atoms with Gasteiger partial charge in [-0.1, -0.05) is 51.5 Å². The predicted molar refractivity (Wildman–Crippen MR) is 188 cm³/mol. The van der Waals surface area contributed by atoms with E-state index in [1.807, 2.05) is 68.4 Å². The number of para-hydroxylation sites is 1. The smallest absolute Gasteiger partial charge is 0.305 e. The van der Waals surface area contributed by atoms with Gasteiger partial charge in [-0.3, -0.25) is 24.1 Å². The number of aryl methyl sites for hydroxylation is 1. The highest BCUT2D eigenvalue weighted by molar-refractivity contribution is 9.10. The second kappa shape index (κ2) is 12.2. The van der Waals surface area contributed by atoms with Crippen LogP contribution >= 0.6 is 39.0 Å². The van der Waals surface area contributed by atoms with Crippen LogP contribution in [0.5, 0.6) is 11.5 Å². The summed E-state index contributed by atoms with van der Waals surface area (Å²) < 4.78 is 12.9. The summed E-state index contributed by atoms with van der Waals surface area (Å²) in [5.41, 5.74) is 3.24. The number of thiazole rings is 1. The number of ether oxygens (including phenoxy) is 2. The summed E-state index contributed by atoms with van der Waals surface area (Å²) in [4.78, 5) is 58.7. The Morgan fingerprint density at radius 2 is 1.73 bits per heavy atom.